The second-order valence-electron chi connectivity index (χ2n) is 5.90. The predicted octanol–water partition coefficient (Wildman–Crippen LogP) is 1.84. The molecule has 23 heavy (non-hydrogen) atoms. The number of amides is 1. The summed E-state index contributed by atoms with van der Waals surface area (Å²) < 4.78 is 4.94. The fourth-order valence-electron chi connectivity index (χ4n) is 2.76. The van der Waals surface area contributed by atoms with Crippen molar-refractivity contribution in [1.82, 2.24) is 10.2 Å². The standard InChI is InChI=1S/C17H24N2O3S/c1-12(2)18-16(20)9-19-14(13-7-5-4-6-8-13)10-23-11-15(19)17(21)22-3/h4-8,12,14-15H,9-11H2,1-3H3,(H,18,20)/t14-,15+/m1/s1. The summed E-state index contributed by atoms with van der Waals surface area (Å²) in [5.41, 5.74) is 1.12. The highest BCUT2D eigenvalue weighted by molar-refractivity contribution is 7.99. The van der Waals surface area contributed by atoms with Crippen molar-refractivity contribution in [2.45, 2.75) is 32.0 Å². The van der Waals surface area contributed by atoms with E-state index >= 15 is 0 Å². The largest absolute Gasteiger partial charge is 0.468 e. The van der Waals surface area contributed by atoms with E-state index in [0.717, 1.165) is 11.3 Å². The number of nitrogens with one attached hydrogen (secondary N) is 1. The highest BCUT2D eigenvalue weighted by atomic mass is 32.2. The van der Waals surface area contributed by atoms with Crippen LogP contribution in [0.25, 0.3) is 0 Å². The minimum atomic E-state index is -0.401. The van der Waals surface area contributed by atoms with Gasteiger partial charge in [-0.05, 0) is 19.4 Å². The summed E-state index contributed by atoms with van der Waals surface area (Å²) in [6.45, 7) is 4.05. The third kappa shape index (κ3) is 4.72. The predicted molar refractivity (Wildman–Crippen MR) is 92.3 cm³/mol. The summed E-state index contributed by atoms with van der Waals surface area (Å²) >= 11 is 1.72. The second kappa shape index (κ2) is 8.36. The van der Waals surface area contributed by atoms with Crippen LogP contribution >= 0.6 is 11.8 Å². The Morgan fingerprint density at radius 1 is 1.30 bits per heavy atom. The van der Waals surface area contributed by atoms with Gasteiger partial charge in [0.05, 0.1) is 13.7 Å². The molecule has 0 unspecified atom stereocenters. The number of esters is 1. The van der Waals surface area contributed by atoms with Crippen LogP contribution in [0.4, 0.5) is 0 Å². The van der Waals surface area contributed by atoms with Crippen molar-refractivity contribution < 1.29 is 14.3 Å². The van der Waals surface area contributed by atoms with Gasteiger partial charge in [-0.3, -0.25) is 14.5 Å². The van der Waals surface area contributed by atoms with E-state index in [9.17, 15) is 9.59 Å². The van der Waals surface area contributed by atoms with Crippen molar-refractivity contribution in [3.63, 3.8) is 0 Å². The Morgan fingerprint density at radius 3 is 2.61 bits per heavy atom. The number of hydrogen-bond acceptors (Lipinski definition) is 5. The van der Waals surface area contributed by atoms with Crippen LogP contribution < -0.4 is 5.32 Å². The number of hydrogen-bond donors (Lipinski definition) is 1. The highest BCUT2D eigenvalue weighted by Crippen LogP contribution is 2.33. The van der Waals surface area contributed by atoms with Gasteiger partial charge in [0.1, 0.15) is 6.04 Å². The van der Waals surface area contributed by atoms with Crippen molar-refractivity contribution in [1.29, 1.82) is 0 Å². The van der Waals surface area contributed by atoms with Crippen LogP contribution in [0, 0.1) is 0 Å². The molecule has 1 aliphatic rings. The molecule has 0 aromatic heterocycles. The normalized spacial score (nSPS) is 21.9. The highest BCUT2D eigenvalue weighted by Gasteiger charge is 2.37. The number of nitrogens with zero attached hydrogens (tertiary/aromatic N) is 1. The van der Waals surface area contributed by atoms with E-state index in [2.05, 4.69) is 5.32 Å². The zero-order valence-corrected chi connectivity index (χ0v) is 14.6. The van der Waals surface area contributed by atoms with Crippen molar-refractivity contribution in [3.05, 3.63) is 35.9 Å². The summed E-state index contributed by atoms with van der Waals surface area (Å²) in [7, 11) is 1.39. The van der Waals surface area contributed by atoms with Gasteiger partial charge in [-0.15, -0.1) is 0 Å². The Bertz CT molecular complexity index is 536. The lowest BCUT2D eigenvalue weighted by molar-refractivity contribution is -0.147. The van der Waals surface area contributed by atoms with Crippen LogP contribution in [0.5, 0.6) is 0 Å². The Hall–Kier alpha value is -1.53. The molecule has 0 aliphatic carbocycles. The van der Waals surface area contributed by atoms with Gasteiger partial charge >= 0.3 is 5.97 Å². The lowest BCUT2D eigenvalue weighted by atomic mass is 10.0. The van der Waals surface area contributed by atoms with E-state index in [0.29, 0.717) is 5.75 Å². The minimum absolute atomic E-state index is 0.0250. The van der Waals surface area contributed by atoms with Gasteiger partial charge in [0.2, 0.25) is 5.91 Å². The maximum atomic E-state index is 12.2. The van der Waals surface area contributed by atoms with Gasteiger partial charge in [-0.25, -0.2) is 0 Å². The van der Waals surface area contributed by atoms with Gasteiger partial charge in [-0.2, -0.15) is 11.8 Å². The van der Waals surface area contributed by atoms with Gasteiger partial charge in [0.15, 0.2) is 0 Å². The molecule has 1 fully saturated rings. The summed E-state index contributed by atoms with van der Waals surface area (Å²) in [6, 6.07) is 9.71. The van der Waals surface area contributed by atoms with Crippen LogP contribution in [0.1, 0.15) is 25.5 Å². The Balaban J connectivity index is 2.24. The Morgan fingerprint density at radius 2 is 2.00 bits per heavy atom. The number of benzene rings is 1. The third-order valence-corrected chi connectivity index (χ3v) is 4.89. The van der Waals surface area contributed by atoms with E-state index in [1.807, 2.05) is 49.1 Å². The molecule has 6 heteroatoms. The molecular weight excluding hydrogens is 312 g/mol. The quantitative estimate of drug-likeness (QED) is 0.832. The topological polar surface area (TPSA) is 58.6 Å². The lowest BCUT2D eigenvalue weighted by Gasteiger charge is -2.40. The molecule has 0 saturated carbocycles. The first-order valence-electron chi connectivity index (χ1n) is 7.78. The number of ether oxygens (including phenoxy) is 1. The van der Waals surface area contributed by atoms with Crippen LogP contribution in [-0.4, -0.2) is 54.0 Å². The first kappa shape index (κ1) is 17.8. The SMILES string of the molecule is COC(=O)[C@@H]1CSC[C@H](c2ccccc2)N1CC(=O)NC(C)C. The zero-order chi connectivity index (χ0) is 16.8. The fourth-order valence-corrected chi connectivity index (χ4v) is 4.05. The maximum Gasteiger partial charge on any atom is 0.323 e. The molecule has 1 N–H and O–H groups in total. The average molecular weight is 336 g/mol. The van der Waals surface area contributed by atoms with E-state index in [4.69, 9.17) is 4.74 Å². The third-order valence-electron chi connectivity index (χ3n) is 3.79. The molecule has 0 radical (unpaired) electrons. The zero-order valence-electron chi connectivity index (χ0n) is 13.8. The molecule has 126 valence electrons. The van der Waals surface area contributed by atoms with Gasteiger partial charge < -0.3 is 10.1 Å². The molecule has 0 bridgehead atoms. The minimum Gasteiger partial charge on any atom is -0.468 e. The average Bonchev–Trinajstić information content (AvgIpc) is 2.54. The Kier molecular flexibility index (Phi) is 6.47. The summed E-state index contributed by atoms with van der Waals surface area (Å²) in [5.74, 6) is 1.15. The molecule has 1 saturated heterocycles. The van der Waals surface area contributed by atoms with Crippen molar-refractivity contribution in [2.24, 2.45) is 0 Å². The summed E-state index contributed by atoms with van der Waals surface area (Å²) in [5, 5.41) is 2.90. The van der Waals surface area contributed by atoms with Crippen LogP contribution in [0.2, 0.25) is 0 Å². The Labute approximate surface area is 141 Å². The molecule has 1 aromatic carbocycles. The molecule has 0 spiro atoms. The second-order valence-corrected chi connectivity index (χ2v) is 6.97. The number of carbonyl (C=O) groups is 2. The maximum absolute atomic E-state index is 12.2. The van der Waals surface area contributed by atoms with Gasteiger partial charge in [0.25, 0.3) is 0 Å². The van der Waals surface area contributed by atoms with Crippen LogP contribution in [0.15, 0.2) is 30.3 Å². The van der Waals surface area contributed by atoms with Gasteiger partial charge in [-0.1, -0.05) is 30.3 Å². The van der Waals surface area contributed by atoms with Crippen LogP contribution in [-0.2, 0) is 14.3 Å². The van der Waals surface area contributed by atoms with E-state index in [1.165, 1.54) is 7.11 Å². The molecule has 2 atom stereocenters. The van der Waals surface area contributed by atoms with E-state index in [1.54, 1.807) is 11.8 Å². The first-order valence-corrected chi connectivity index (χ1v) is 8.94. The molecule has 1 heterocycles. The molecule has 1 amide bonds. The van der Waals surface area contributed by atoms with Crippen molar-refractivity contribution in [2.75, 3.05) is 25.2 Å². The van der Waals surface area contributed by atoms with Gasteiger partial charge in [0, 0.05) is 23.6 Å². The smallest absolute Gasteiger partial charge is 0.323 e. The number of rotatable bonds is 5. The number of carbonyl (C=O) groups excluding carboxylic acids is 2. The van der Waals surface area contributed by atoms with Crippen molar-refractivity contribution in [3.8, 4) is 0 Å². The summed E-state index contributed by atoms with van der Waals surface area (Å²) in [4.78, 5) is 26.4. The summed E-state index contributed by atoms with van der Waals surface area (Å²) in [6.07, 6.45) is 0. The first-order chi connectivity index (χ1) is 11.0. The number of thioether (sulfide) groups is 1. The molecular formula is C17H24N2O3S. The molecule has 1 aliphatic heterocycles. The molecule has 1 aromatic rings. The number of methoxy groups -OCH3 is 1. The molecule has 2 rings (SSSR count). The lowest BCUT2D eigenvalue weighted by Crippen LogP contribution is -2.53. The van der Waals surface area contributed by atoms with Crippen LogP contribution in [0.3, 0.4) is 0 Å². The van der Waals surface area contributed by atoms with E-state index in [-0.39, 0.29) is 30.5 Å². The molecule has 5 nitrogen and oxygen atoms in total. The van der Waals surface area contributed by atoms with E-state index < -0.39 is 6.04 Å². The fraction of sp³-hybridized carbons (Fsp3) is 0.529. The van der Waals surface area contributed by atoms with Crippen molar-refractivity contribution >= 4 is 23.6 Å². The monoisotopic (exact) mass is 336 g/mol.